The van der Waals surface area contributed by atoms with Crippen molar-refractivity contribution < 1.29 is 9.59 Å². The van der Waals surface area contributed by atoms with Crippen LogP contribution in [0, 0.1) is 0 Å². The van der Waals surface area contributed by atoms with E-state index in [0.29, 0.717) is 23.5 Å². The highest BCUT2D eigenvalue weighted by molar-refractivity contribution is 6.28. The molecule has 1 atom stereocenters. The average Bonchev–Trinajstić information content (AvgIpc) is 2.65. The maximum absolute atomic E-state index is 13.0. The first kappa shape index (κ1) is 17.0. The van der Waals surface area contributed by atoms with Crippen LogP contribution >= 0.6 is 0 Å². The number of pyridine rings is 1. The molecule has 2 heterocycles. The number of hydrogen-bond acceptors (Lipinski definition) is 4. The van der Waals surface area contributed by atoms with Gasteiger partial charge in [-0.1, -0.05) is 44.0 Å². The van der Waals surface area contributed by atoms with Gasteiger partial charge >= 0.3 is 0 Å². The summed E-state index contributed by atoms with van der Waals surface area (Å²) in [6.07, 6.45) is 6.50. The largest absolute Gasteiger partial charge is 0.296 e. The minimum atomic E-state index is -0.558. The zero-order valence-corrected chi connectivity index (χ0v) is 14.3. The zero-order valence-electron chi connectivity index (χ0n) is 14.3. The number of amides is 2. The molecule has 128 valence electrons. The van der Waals surface area contributed by atoms with Gasteiger partial charge in [0, 0.05) is 24.5 Å². The molecule has 0 bridgehead atoms. The second-order valence-corrected chi connectivity index (χ2v) is 5.99. The lowest BCUT2D eigenvalue weighted by Crippen LogP contribution is -2.45. The lowest BCUT2D eigenvalue weighted by Gasteiger charge is -2.30. The molecule has 2 aromatic rings. The SMILES string of the molecule is CCCCCN=CC1C(=O)N(c2ccccn2)C(=O)c2ccccc21. The standard InChI is InChI=1S/C20H21N3O2/c1-2-3-7-12-21-14-17-15-9-4-5-10-16(15)19(24)23(20(17)25)18-11-6-8-13-22-18/h4-6,8-11,13-14,17H,2-3,7,12H2,1H3. The third kappa shape index (κ3) is 3.50. The summed E-state index contributed by atoms with van der Waals surface area (Å²) in [5.41, 5.74) is 1.24. The first-order chi connectivity index (χ1) is 12.2. The summed E-state index contributed by atoms with van der Waals surface area (Å²) in [5, 5.41) is 0. The minimum Gasteiger partial charge on any atom is -0.296 e. The molecule has 3 rings (SSSR count). The molecule has 25 heavy (non-hydrogen) atoms. The van der Waals surface area contributed by atoms with E-state index in [4.69, 9.17) is 0 Å². The van der Waals surface area contributed by atoms with Crippen LogP contribution in [0.25, 0.3) is 0 Å². The van der Waals surface area contributed by atoms with Gasteiger partial charge in [0.2, 0.25) is 5.91 Å². The lowest BCUT2D eigenvalue weighted by atomic mass is 9.89. The molecule has 0 saturated carbocycles. The predicted octanol–water partition coefficient (Wildman–Crippen LogP) is 3.61. The molecule has 0 N–H and O–H groups in total. The number of fused-ring (bicyclic) bond motifs is 1. The molecule has 1 aromatic carbocycles. The highest BCUT2D eigenvalue weighted by atomic mass is 16.2. The fourth-order valence-electron chi connectivity index (χ4n) is 2.94. The van der Waals surface area contributed by atoms with Crippen molar-refractivity contribution in [2.75, 3.05) is 11.4 Å². The topological polar surface area (TPSA) is 62.6 Å². The quantitative estimate of drug-likeness (QED) is 0.460. The first-order valence-electron chi connectivity index (χ1n) is 8.62. The van der Waals surface area contributed by atoms with E-state index < -0.39 is 5.92 Å². The van der Waals surface area contributed by atoms with E-state index in [1.54, 1.807) is 42.7 Å². The van der Waals surface area contributed by atoms with Gasteiger partial charge in [0.05, 0.1) is 5.92 Å². The van der Waals surface area contributed by atoms with E-state index in [9.17, 15) is 9.59 Å². The van der Waals surface area contributed by atoms with Gasteiger partial charge in [-0.05, 0) is 30.2 Å². The second-order valence-electron chi connectivity index (χ2n) is 5.99. The predicted molar refractivity (Wildman–Crippen MR) is 98.1 cm³/mol. The van der Waals surface area contributed by atoms with E-state index in [-0.39, 0.29) is 11.8 Å². The molecule has 2 amide bonds. The summed E-state index contributed by atoms with van der Waals surface area (Å²) in [5.74, 6) is -0.856. The third-order valence-electron chi connectivity index (χ3n) is 4.24. The minimum absolute atomic E-state index is 0.304. The molecule has 1 aliphatic heterocycles. The number of aromatic nitrogens is 1. The molecule has 0 saturated heterocycles. The lowest BCUT2D eigenvalue weighted by molar-refractivity contribution is -0.118. The van der Waals surface area contributed by atoms with Crippen molar-refractivity contribution in [2.24, 2.45) is 4.99 Å². The number of imide groups is 1. The van der Waals surface area contributed by atoms with Crippen molar-refractivity contribution >= 4 is 23.8 Å². The van der Waals surface area contributed by atoms with Crippen molar-refractivity contribution in [3.8, 4) is 0 Å². The van der Waals surface area contributed by atoms with Gasteiger partial charge in [0.25, 0.3) is 5.91 Å². The molecule has 1 aliphatic rings. The maximum atomic E-state index is 13.0. The van der Waals surface area contributed by atoms with Crippen molar-refractivity contribution in [1.29, 1.82) is 0 Å². The van der Waals surface area contributed by atoms with Crippen LogP contribution in [-0.2, 0) is 4.79 Å². The molecule has 1 unspecified atom stereocenters. The zero-order chi connectivity index (χ0) is 17.6. The summed E-state index contributed by atoms with van der Waals surface area (Å²) < 4.78 is 0. The Kier molecular flexibility index (Phi) is 5.33. The fraction of sp³-hybridized carbons (Fsp3) is 0.300. The number of unbranched alkanes of at least 4 members (excludes halogenated alkanes) is 2. The molecule has 1 aromatic heterocycles. The van der Waals surface area contributed by atoms with Gasteiger partial charge < -0.3 is 0 Å². The molecular weight excluding hydrogens is 314 g/mol. The Morgan fingerprint density at radius 2 is 1.92 bits per heavy atom. The van der Waals surface area contributed by atoms with Crippen molar-refractivity contribution in [3.05, 3.63) is 59.8 Å². The van der Waals surface area contributed by atoms with Gasteiger partial charge in [0.15, 0.2) is 0 Å². The highest BCUT2D eigenvalue weighted by Gasteiger charge is 2.39. The van der Waals surface area contributed by atoms with Crippen molar-refractivity contribution in [1.82, 2.24) is 4.98 Å². The van der Waals surface area contributed by atoms with Crippen LogP contribution in [0.3, 0.4) is 0 Å². The van der Waals surface area contributed by atoms with E-state index in [2.05, 4.69) is 16.9 Å². The summed E-state index contributed by atoms with van der Waals surface area (Å²) in [6, 6.07) is 12.4. The number of aliphatic imine (C=N–C) groups is 1. The smallest absolute Gasteiger partial charge is 0.266 e. The maximum Gasteiger partial charge on any atom is 0.266 e. The Bertz CT molecular complexity index is 787. The van der Waals surface area contributed by atoms with Crippen LogP contribution in [0.1, 0.15) is 48.0 Å². The fourth-order valence-corrected chi connectivity index (χ4v) is 2.94. The van der Waals surface area contributed by atoms with Crippen LogP contribution in [0.4, 0.5) is 5.82 Å². The Hall–Kier alpha value is -2.82. The Morgan fingerprint density at radius 1 is 1.12 bits per heavy atom. The van der Waals surface area contributed by atoms with Gasteiger partial charge in [-0.25, -0.2) is 9.88 Å². The summed E-state index contributed by atoms with van der Waals surface area (Å²) in [7, 11) is 0. The number of benzene rings is 1. The number of carbonyl (C=O) groups is 2. The van der Waals surface area contributed by atoms with Crippen LogP contribution in [-0.4, -0.2) is 29.6 Å². The van der Waals surface area contributed by atoms with E-state index in [0.717, 1.165) is 24.2 Å². The summed E-state index contributed by atoms with van der Waals surface area (Å²) >= 11 is 0. The van der Waals surface area contributed by atoms with Crippen LogP contribution < -0.4 is 4.90 Å². The van der Waals surface area contributed by atoms with Gasteiger partial charge in [-0.3, -0.25) is 14.6 Å². The number of anilines is 1. The average molecular weight is 335 g/mol. The number of nitrogens with zero attached hydrogens (tertiary/aromatic N) is 3. The van der Waals surface area contributed by atoms with E-state index in [1.165, 1.54) is 0 Å². The highest BCUT2D eigenvalue weighted by Crippen LogP contribution is 2.30. The molecular formula is C20H21N3O2. The van der Waals surface area contributed by atoms with Crippen molar-refractivity contribution in [3.63, 3.8) is 0 Å². The third-order valence-corrected chi connectivity index (χ3v) is 4.24. The molecule has 0 radical (unpaired) electrons. The molecule has 0 fully saturated rings. The second kappa shape index (κ2) is 7.83. The number of hydrogen-bond donors (Lipinski definition) is 0. The van der Waals surface area contributed by atoms with Gasteiger partial charge in [-0.2, -0.15) is 0 Å². The molecule has 5 nitrogen and oxygen atoms in total. The normalized spacial score (nSPS) is 17.2. The molecule has 5 heteroatoms. The van der Waals surface area contributed by atoms with Crippen molar-refractivity contribution in [2.45, 2.75) is 32.1 Å². The van der Waals surface area contributed by atoms with Crippen LogP contribution in [0.15, 0.2) is 53.7 Å². The number of rotatable bonds is 6. The van der Waals surface area contributed by atoms with Gasteiger partial charge in [0.1, 0.15) is 5.82 Å². The Labute approximate surface area is 147 Å². The molecule has 0 aliphatic carbocycles. The van der Waals surface area contributed by atoms with E-state index >= 15 is 0 Å². The van der Waals surface area contributed by atoms with E-state index in [1.807, 2.05) is 12.1 Å². The van der Waals surface area contributed by atoms with Crippen LogP contribution in [0.5, 0.6) is 0 Å². The monoisotopic (exact) mass is 335 g/mol. The first-order valence-corrected chi connectivity index (χ1v) is 8.62. The summed E-state index contributed by atoms with van der Waals surface area (Å²) in [6.45, 7) is 2.83. The van der Waals surface area contributed by atoms with Crippen LogP contribution in [0.2, 0.25) is 0 Å². The Balaban J connectivity index is 1.95. The summed E-state index contributed by atoms with van der Waals surface area (Å²) in [4.78, 5) is 35.6. The Morgan fingerprint density at radius 3 is 2.68 bits per heavy atom. The molecule has 0 spiro atoms. The number of carbonyl (C=O) groups excluding carboxylic acids is 2. The van der Waals surface area contributed by atoms with Gasteiger partial charge in [-0.15, -0.1) is 0 Å².